The predicted octanol–water partition coefficient (Wildman–Crippen LogP) is 5.87. The van der Waals surface area contributed by atoms with E-state index in [1.54, 1.807) is 6.08 Å². The number of benzene rings is 1. The van der Waals surface area contributed by atoms with Crippen LogP contribution in [0.3, 0.4) is 0 Å². The second-order valence-corrected chi connectivity index (χ2v) is 9.63. The number of rotatable bonds is 6. The van der Waals surface area contributed by atoms with Gasteiger partial charge in [-0.3, -0.25) is 4.90 Å². The molecule has 1 aliphatic carbocycles. The smallest absolute Gasteiger partial charge is 0.392 e. The number of nitrogens with zero attached hydrogens (tertiary/aromatic N) is 1. The van der Waals surface area contributed by atoms with Gasteiger partial charge >= 0.3 is 12.1 Å². The van der Waals surface area contributed by atoms with Crippen LogP contribution < -0.4 is 4.74 Å². The van der Waals surface area contributed by atoms with Crippen molar-refractivity contribution in [3.8, 4) is 5.75 Å². The number of hydrogen-bond donors (Lipinski definition) is 1. The van der Waals surface area contributed by atoms with E-state index >= 15 is 0 Å². The average molecular weight is 478 g/mol. The highest BCUT2D eigenvalue weighted by Gasteiger charge is 2.40. The van der Waals surface area contributed by atoms with Gasteiger partial charge in [-0.15, -0.1) is 0 Å². The molecule has 8 heteroatoms. The lowest BCUT2D eigenvalue weighted by Crippen LogP contribution is -2.37. The average Bonchev–Trinajstić information content (AvgIpc) is 3.15. The number of hydrogen-bond acceptors (Lipinski definition) is 4. The number of allylic oxidation sites excluding steroid dienone is 2. The van der Waals surface area contributed by atoms with Crippen LogP contribution in [0.1, 0.15) is 55.8 Å². The van der Waals surface area contributed by atoms with Crippen LogP contribution in [0.2, 0.25) is 0 Å². The third-order valence-electron chi connectivity index (χ3n) is 6.69. The fourth-order valence-electron chi connectivity index (χ4n) is 4.52. The maximum Gasteiger partial charge on any atom is 0.392 e. The Morgan fingerprint density at radius 2 is 1.85 bits per heavy atom. The number of carbonyl (C=O) groups is 1. The molecular formula is C26H30F3NO4. The summed E-state index contributed by atoms with van der Waals surface area (Å²) in [5, 5.41) is 9.30. The molecule has 0 spiro atoms. The molecule has 34 heavy (non-hydrogen) atoms. The first-order valence-corrected chi connectivity index (χ1v) is 11.6. The molecule has 1 aromatic carbocycles. The van der Waals surface area contributed by atoms with E-state index in [-0.39, 0.29) is 12.8 Å². The Balaban J connectivity index is 1.36. The number of fused-ring (bicyclic) bond motifs is 1. The lowest BCUT2D eigenvalue weighted by molar-refractivity contribution is -0.175. The van der Waals surface area contributed by atoms with Crippen LogP contribution >= 0.6 is 0 Å². The Morgan fingerprint density at radius 3 is 2.50 bits per heavy atom. The van der Waals surface area contributed by atoms with Gasteiger partial charge in [-0.2, -0.15) is 13.2 Å². The second-order valence-electron chi connectivity index (χ2n) is 9.63. The molecule has 0 saturated heterocycles. The van der Waals surface area contributed by atoms with Crippen molar-refractivity contribution in [1.29, 1.82) is 0 Å². The van der Waals surface area contributed by atoms with Gasteiger partial charge in [-0.05, 0) is 86.9 Å². The summed E-state index contributed by atoms with van der Waals surface area (Å²) in [5.74, 6) is -0.270. The number of furan rings is 1. The van der Waals surface area contributed by atoms with Crippen LogP contribution in [-0.4, -0.2) is 40.8 Å². The van der Waals surface area contributed by atoms with Crippen molar-refractivity contribution in [3.05, 3.63) is 59.1 Å². The Labute approximate surface area is 197 Å². The minimum Gasteiger partial charge on any atom is -0.478 e. The number of halogens is 3. The first kappa shape index (κ1) is 24.4. The summed E-state index contributed by atoms with van der Waals surface area (Å²) in [6.07, 6.45) is -0.329. The molecule has 0 bridgehead atoms. The van der Waals surface area contributed by atoms with Crippen LogP contribution in [0.4, 0.5) is 13.2 Å². The van der Waals surface area contributed by atoms with E-state index in [1.807, 2.05) is 30.3 Å². The molecule has 1 aliphatic heterocycles. The van der Waals surface area contributed by atoms with Crippen molar-refractivity contribution < 1.29 is 32.2 Å². The maximum absolute atomic E-state index is 12.9. The van der Waals surface area contributed by atoms with E-state index in [4.69, 9.17) is 9.15 Å². The standard InChI is InChI=1S/C26H30F3NO4/c1-25(2,24(31)32)34-21-8-5-17-11-13-30(14-12-19(17)15-21)16-22-9-10-23(33-22)18-3-6-20(7-4-18)26(27,28)29/h3,5,8-10,15,20H,4,6-7,11-14,16H2,1-2H3,(H,31,32). The molecular weight excluding hydrogens is 447 g/mol. The summed E-state index contributed by atoms with van der Waals surface area (Å²) in [4.78, 5) is 13.6. The zero-order valence-electron chi connectivity index (χ0n) is 19.5. The van der Waals surface area contributed by atoms with Crippen LogP contribution in [-0.2, 0) is 24.2 Å². The zero-order valence-corrected chi connectivity index (χ0v) is 19.5. The van der Waals surface area contributed by atoms with Gasteiger partial charge in [0.05, 0.1) is 12.5 Å². The highest BCUT2D eigenvalue weighted by Crippen LogP contribution is 2.39. The summed E-state index contributed by atoms with van der Waals surface area (Å²) in [7, 11) is 0. The molecule has 1 aromatic heterocycles. The van der Waals surface area contributed by atoms with Crippen molar-refractivity contribution in [2.75, 3.05) is 13.1 Å². The van der Waals surface area contributed by atoms with Gasteiger partial charge in [-0.25, -0.2) is 4.79 Å². The molecule has 0 saturated carbocycles. The predicted molar refractivity (Wildman–Crippen MR) is 122 cm³/mol. The Bertz CT molecular complexity index is 1070. The first-order chi connectivity index (χ1) is 16.0. The maximum atomic E-state index is 12.9. The number of carboxylic acid groups (broad SMARTS) is 1. The summed E-state index contributed by atoms with van der Waals surface area (Å²) in [5.41, 5.74) is 1.91. The van der Waals surface area contributed by atoms with Gasteiger partial charge in [0.15, 0.2) is 5.60 Å². The van der Waals surface area contributed by atoms with Crippen molar-refractivity contribution in [2.45, 2.75) is 64.3 Å². The highest BCUT2D eigenvalue weighted by molar-refractivity contribution is 5.76. The molecule has 2 aromatic rings. The lowest BCUT2D eigenvalue weighted by atomic mass is 9.88. The van der Waals surface area contributed by atoms with Gasteiger partial charge in [0.1, 0.15) is 17.3 Å². The van der Waals surface area contributed by atoms with E-state index in [9.17, 15) is 23.1 Å². The van der Waals surface area contributed by atoms with E-state index in [2.05, 4.69) is 4.90 Å². The molecule has 1 unspecified atom stereocenters. The molecule has 5 nitrogen and oxygen atoms in total. The van der Waals surface area contributed by atoms with E-state index in [1.165, 1.54) is 19.4 Å². The highest BCUT2D eigenvalue weighted by atomic mass is 19.4. The summed E-state index contributed by atoms with van der Waals surface area (Å²) >= 11 is 0. The number of aliphatic carboxylic acids is 1. The largest absolute Gasteiger partial charge is 0.478 e. The van der Waals surface area contributed by atoms with Gasteiger partial charge in [0, 0.05) is 13.1 Å². The number of ether oxygens (including phenoxy) is 1. The second kappa shape index (κ2) is 9.49. The quantitative estimate of drug-likeness (QED) is 0.564. The lowest BCUT2D eigenvalue weighted by Gasteiger charge is -2.23. The Morgan fingerprint density at radius 1 is 1.12 bits per heavy atom. The summed E-state index contributed by atoms with van der Waals surface area (Å²) < 4.78 is 50.4. The fourth-order valence-corrected chi connectivity index (χ4v) is 4.52. The molecule has 1 atom stereocenters. The van der Waals surface area contributed by atoms with E-state index < -0.39 is 23.7 Å². The minimum absolute atomic E-state index is 0.00853. The van der Waals surface area contributed by atoms with Crippen molar-refractivity contribution in [3.63, 3.8) is 0 Å². The Hall–Kier alpha value is -2.74. The molecule has 0 radical (unpaired) electrons. The van der Waals surface area contributed by atoms with Gasteiger partial charge < -0.3 is 14.3 Å². The molecule has 2 heterocycles. The molecule has 4 rings (SSSR count). The molecule has 0 fully saturated rings. The summed E-state index contributed by atoms with van der Waals surface area (Å²) in [6.45, 7) is 5.34. The van der Waals surface area contributed by atoms with Crippen LogP contribution in [0.25, 0.3) is 5.57 Å². The van der Waals surface area contributed by atoms with E-state index in [0.717, 1.165) is 42.8 Å². The molecule has 2 aliphatic rings. The monoisotopic (exact) mass is 477 g/mol. The van der Waals surface area contributed by atoms with Gasteiger partial charge in [-0.1, -0.05) is 12.1 Å². The van der Waals surface area contributed by atoms with Crippen molar-refractivity contribution in [1.82, 2.24) is 4.90 Å². The first-order valence-electron chi connectivity index (χ1n) is 11.6. The third kappa shape index (κ3) is 5.66. The number of carboxylic acids is 1. The van der Waals surface area contributed by atoms with E-state index in [0.29, 0.717) is 24.5 Å². The van der Waals surface area contributed by atoms with Crippen molar-refractivity contribution in [2.24, 2.45) is 5.92 Å². The number of alkyl halides is 3. The van der Waals surface area contributed by atoms with Crippen LogP contribution in [0, 0.1) is 5.92 Å². The minimum atomic E-state index is -4.14. The van der Waals surface area contributed by atoms with Crippen molar-refractivity contribution >= 4 is 11.5 Å². The topological polar surface area (TPSA) is 62.9 Å². The molecule has 184 valence electrons. The fraction of sp³-hybridized carbons (Fsp3) is 0.500. The third-order valence-corrected chi connectivity index (χ3v) is 6.69. The van der Waals surface area contributed by atoms with Gasteiger partial charge in [0.2, 0.25) is 0 Å². The summed E-state index contributed by atoms with van der Waals surface area (Å²) in [6, 6.07) is 9.51. The molecule has 0 amide bonds. The van der Waals surface area contributed by atoms with Gasteiger partial charge in [0.25, 0.3) is 0 Å². The zero-order chi connectivity index (χ0) is 24.5. The normalized spacial score (nSPS) is 19.8. The van der Waals surface area contributed by atoms with Crippen LogP contribution in [0.15, 0.2) is 40.8 Å². The Kier molecular flexibility index (Phi) is 6.80. The van der Waals surface area contributed by atoms with Crippen LogP contribution in [0.5, 0.6) is 5.75 Å². The SMILES string of the molecule is CC(C)(Oc1ccc2c(c1)CCN(Cc1ccc(C3=CCC(C(F)(F)F)CC3)o1)CC2)C(=O)O. The molecule has 1 N–H and O–H groups in total.